The molecule has 1 aromatic rings. The molecule has 0 saturated heterocycles. The molecule has 0 fully saturated rings. The van der Waals surface area contributed by atoms with E-state index >= 15 is 0 Å². The van der Waals surface area contributed by atoms with E-state index in [2.05, 4.69) is 15.6 Å². The third-order valence-electron chi connectivity index (χ3n) is 3.48. The fourth-order valence-electron chi connectivity index (χ4n) is 2.36. The van der Waals surface area contributed by atoms with Gasteiger partial charge >= 0.3 is 6.18 Å². The van der Waals surface area contributed by atoms with E-state index < -0.39 is 17.6 Å². The van der Waals surface area contributed by atoms with Crippen molar-refractivity contribution < 1.29 is 17.6 Å². The highest BCUT2D eigenvalue weighted by Gasteiger charge is 2.33. The average molecular weight is 457 g/mol. The number of guanidine groups is 1. The number of nitrogens with zero attached hydrogens (tertiary/aromatic N) is 1. The zero-order valence-corrected chi connectivity index (χ0v) is 15.5. The van der Waals surface area contributed by atoms with Gasteiger partial charge in [-0.15, -0.1) is 24.0 Å². The van der Waals surface area contributed by atoms with Crippen LogP contribution >= 0.6 is 24.0 Å². The molecule has 1 aromatic carbocycles. The van der Waals surface area contributed by atoms with Crippen molar-refractivity contribution in [3.05, 3.63) is 47.3 Å². The van der Waals surface area contributed by atoms with Crippen molar-refractivity contribution in [3.63, 3.8) is 0 Å². The third-order valence-corrected chi connectivity index (χ3v) is 3.48. The van der Waals surface area contributed by atoms with Crippen LogP contribution in [0, 0.1) is 5.82 Å². The van der Waals surface area contributed by atoms with Gasteiger partial charge in [-0.05, 0) is 37.5 Å². The summed E-state index contributed by atoms with van der Waals surface area (Å²) in [5, 5.41) is 6.18. The number of rotatable bonds is 4. The van der Waals surface area contributed by atoms with Gasteiger partial charge in [-0.2, -0.15) is 13.2 Å². The SMILES string of the molecule is CCNC(=NCc1ccc(F)cc1C(F)(F)F)NC1CC=CC1.I. The van der Waals surface area contributed by atoms with Crippen LogP contribution in [0.4, 0.5) is 17.6 Å². The Bertz CT molecular complexity index is 591. The first-order valence-corrected chi connectivity index (χ1v) is 7.45. The summed E-state index contributed by atoms with van der Waals surface area (Å²) in [6, 6.07) is 2.85. The van der Waals surface area contributed by atoms with E-state index in [1.165, 1.54) is 0 Å². The minimum atomic E-state index is -4.60. The first kappa shape index (κ1) is 20.7. The number of hydrogen-bond acceptors (Lipinski definition) is 1. The van der Waals surface area contributed by atoms with Crippen LogP contribution in [0.1, 0.15) is 30.9 Å². The summed E-state index contributed by atoms with van der Waals surface area (Å²) in [5.74, 6) is -0.453. The molecule has 3 nitrogen and oxygen atoms in total. The van der Waals surface area contributed by atoms with E-state index in [4.69, 9.17) is 0 Å². The Morgan fingerprint density at radius 1 is 1.25 bits per heavy atom. The van der Waals surface area contributed by atoms with Gasteiger partial charge in [0, 0.05) is 12.6 Å². The van der Waals surface area contributed by atoms with E-state index in [1.54, 1.807) is 0 Å². The van der Waals surface area contributed by atoms with Gasteiger partial charge in [0.2, 0.25) is 0 Å². The second kappa shape index (κ2) is 9.24. The lowest BCUT2D eigenvalue weighted by Crippen LogP contribution is -2.42. The normalized spacial score (nSPS) is 15.3. The van der Waals surface area contributed by atoms with Crippen molar-refractivity contribution in [1.29, 1.82) is 0 Å². The molecule has 0 spiro atoms. The molecule has 0 aromatic heterocycles. The van der Waals surface area contributed by atoms with Crippen molar-refractivity contribution in [2.24, 2.45) is 4.99 Å². The first-order valence-electron chi connectivity index (χ1n) is 7.45. The van der Waals surface area contributed by atoms with Crippen LogP contribution < -0.4 is 10.6 Å². The third kappa shape index (κ3) is 5.95. The minimum absolute atomic E-state index is 0. The van der Waals surface area contributed by atoms with Gasteiger partial charge < -0.3 is 10.6 Å². The molecule has 0 bridgehead atoms. The molecule has 0 saturated carbocycles. The molecule has 2 rings (SSSR count). The maximum absolute atomic E-state index is 13.1. The van der Waals surface area contributed by atoms with Crippen LogP contribution in [-0.2, 0) is 12.7 Å². The second-order valence-electron chi connectivity index (χ2n) is 5.28. The van der Waals surface area contributed by atoms with E-state index in [0.29, 0.717) is 18.6 Å². The summed E-state index contributed by atoms with van der Waals surface area (Å²) in [6.07, 6.45) is 1.20. The van der Waals surface area contributed by atoms with Gasteiger partial charge in [0.05, 0.1) is 12.1 Å². The van der Waals surface area contributed by atoms with Crippen LogP contribution in [0.3, 0.4) is 0 Å². The lowest BCUT2D eigenvalue weighted by atomic mass is 10.1. The van der Waals surface area contributed by atoms with Crippen molar-refractivity contribution in [1.82, 2.24) is 10.6 Å². The standard InChI is InChI=1S/C16H19F4N3.HI/c1-2-21-15(23-13-5-3-4-6-13)22-10-11-7-8-12(17)9-14(11)16(18,19)20;/h3-4,7-9,13H,2,5-6,10H2,1H3,(H2,21,22,23);1H. The summed E-state index contributed by atoms with van der Waals surface area (Å²) >= 11 is 0. The van der Waals surface area contributed by atoms with Gasteiger partial charge in [-0.3, -0.25) is 0 Å². The summed E-state index contributed by atoms with van der Waals surface area (Å²) in [6.45, 7) is 2.30. The number of hydrogen-bond donors (Lipinski definition) is 2. The molecule has 0 aliphatic heterocycles. The quantitative estimate of drug-likeness (QED) is 0.234. The monoisotopic (exact) mass is 457 g/mol. The van der Waals surface area contributed by atoms with E-state index in [1.807, 2.05) is 19.1 Å². The molecule has 134 valence electrons. The Morgan fingerprint density at radius 2 is 1.92 bits per heavy atom. The Hall–Kier alpha value is -1.32. The Morgan fingerprint density at radius 3 is 2.50 bits per heavy atom. The Labute approximate surface area is 155 Å². The van der Waals surface area contributed by atoms with E-state index in [-0.39, 0.29) is 42.1 Å². The molecule has 24 heavy (non-hydrogen) atoms. The molecule has 8 heteroatoms. The maximum Gasteiger partial charge on any atom is 0.416 e. The van der Waals surface area contributed by atoms with Crippen molar-refractivity contribution >= 4 is 29.9 Å². The van der Waals surface area contributed by atoms with Crippen LogP contribution in [0.15, 0.2) is 35.3 Å². The number of nitrogens with one attached hydrogen (secondary N) is 2. The second-order valence-corrected chi connectivity index (χ2v) is 5.28. The number of aliphatic imine (C=N–C) groups is 1. The highest BCUT2D eigenvalue weighted by molar-refractivity contribution is 14.0. The number of benzene rings is 1. The highest BCUT2D eigenvalue weighted by atomic mass is 127. The van der Waals surface area contributed by atoms with Crippen LogP contribution in [0.25, 0.3) is 0 Å². The van der Waals surface area contributed by atoms with Gasteiger partial charge in [0.1, 0.15) is 5.82 Å². The summed E-state index contributed by atoms with van der Waals surface area (Å²) in [4.78, 5) is 4.20. The predicted molar refractivity (Wildman–Crippen MR) is 96.9 cm³/mol. The van der Waals surface area contributed by atoms with Crippen molar-refractivity contribution in [2.75, 3.05) is 6.54 Å². The highest BCUT2D eigenvalue weighted by Crippen LogP contribution is 2.32. The molecular weight excluding hydrogens is 437 g/mol. The number of halogens is 5. The molecule has 1 aliphatic rings. The Balaban J connectivity index is 0.00000288. The van der Waals surface area contributed by atoms with Crippen LogP contribution in [0.5, 0.6) is 0 Å². The van der Waals surface area contributed by atoms with E-state index in [0.717, 1.165) is 25.0 Å². The lowest BCUT2D eigenvalue weighted by Gasteiger charge is -2.17. The topological polar surface area (TPSA) is 36.4 Å². The van der Waals surface area contributed by atoms with E-state index in [9.17, 15) is 17.6 Å². The molecule has 0 heterocycles. The number of alkyl halides is 3. The first-order chi connectivity index (χ1) is 10.9. The molecule has 0 atom stereocenters. The van der Waals surface area contributed by atoms with Gasteiger partial charge in [-0.25, -0.2) is 9.38 Å². The summed E-state index contributed by atoms with van der Waals surface area (Å²) < 4.78 is 52.0. The smallest absolute Gasteiger partial charge is 0.357 e. The maximum atomic E-state index is 13.1. The zero-order chi connectivity index (χ0) is 16.9. The average Bonchev–Trinajstić information content (AvgIpc) is 2.98. The predicted octanol–water partition coefficient (Wildman–Crippen LogP) is 4.24. The fraction of sp³-hybridized carbons (Fsp3) is 0.438. The summed E-state index contributed by atoms with van der Waals surface area (Å²) in [5.41, 5.74) is -1.04. The van der Waals surface area contributed by atoms with Crippen LogP contribution in [-0.4, -0.2) is 18.5 Å². The molecular formula is C16H20F4IN3. The molecule has 0 unspecified atom stereocenters. The molecule has 0 radical (unpaired) electrons. The van der Waals surface area contributed by atoms with Crippen molar-refractivity contribution in [2.45, 2.75) is 38.5 Å². The van der Waals surface area contributed by atoms with Crippen LogP contribution in [0.2, 0.25) is 0 Å². The lowest BCUT2D eigenvalue weighted by molar-refractivity contribution is -0.138. The van der Waals surface area contributed by atoms with Gasteiger partial charge in [0.15, 0.2) is 5.96 Å². The van der Waals surface area contributed by atoms with Crippen molar-refractivity contribution in [3.8, 4) is 0 Å². The molecule has 0 amide bonds. The van der Waals surface area contributed by atoms with Gasteiger partial charge in [-0.1, -0.05) is 18.2 Å². The summed E-state index contributed by atoms with van der Waals surface area (Å²) in [7, 11) is 0. The largest absolute Gasteiger partial charge is 0.416 e. The minimum Gasteiger partial charge on any atom is -0.357 e. The van der Waals surface area contributed by atoms with Gasteiger partial charge in [0.25, 0.3) is 0 Å². The zero-order valence-electron chi connectivity index (χ0n) is 13.2. The Kier molecular flexibility index (Phi) is 7.98. The molecule has 2 N–H and O–H groups in total. The fourth-order valence-corrected chi connectivity index (χ4v) is 2.36. The molecule has 1 aliphatic carbocycles.